The molecule has 1 aromatic carbocycles. The Morgan fingerprint density at radius 2 is 2.00 bits per heavy atom. The van der Waals surface area contributed by atoms with Crippen LogP contribution in [0.5, 0.6) is 0 Å². The molecule has 0 unspecified atom stereocenters. The van der Waals surface area contributed by atoms with Gasteiger partial charge in [0.1, 0.15) is 0 Å². The van der Waals surface area contributed by atoms with Crippen molar-refractivity contribution < 1.29 is 14.7 Å². The van der Waals surface area contributed by atoms with Crippen LogP contribution in [0, 0.1) is 6.92 Å². The molecule has 0 atom stereocenters. The standard InChI is InChI=1S/C14H12N2O3/c1-9-3-2-4-10(7-9)16-13(17)11-5-6-15-8-12(11)14(18)19/h2-8H,1H3,(H,16,17)(H,18,19). The first-order valence-corrected chi connectivity index (χ1v) is 5.63. The highest BCUT2D eigenvalue weighted by molar-refractivity contribution is 6.10. The van der Waals surface area contributed by atoms with Crippen LogP contribution in [0.3, 0.4) is 0 Å². The summed E-state index contributed by atoms with van der Waals surface area (Å²) in [7, 11) is 0. The minimum absolute atomic E-state index is 0.0870. The number of nitrogens with one attached hydrogen (secondary N) is 1. The van der Waals surface area contributed by atoms with E-state index in [0.29, 0.717) is 5.69 Å². The van der Waals surface area contributed by atoms with E-state index in [1.165, 1.54) is 12.3 Å². The van der Waals surface area contributed by atoms with Crippen molar-refractivity contribution in [1.82, 2.24) is 4.98 Å². The van der Waals surface area contributed by atoms with Gasteiger partial charge < -0.3 is 10.4 Å². The number of carbonyl (C=O) groups excluding carboxylic acids is 1. The largest absolute Gasteiger partial charge is 0.478 e. The van der Waals surface area contributed by atoms with Crippen LogP contribution in [0.15, 0.2) is 42.7 Å². The Hall–Kier alpha value is -2.69. The number of carboxylic acids is 1. The van der Waals surface area contributed by atoms with Gasteiger partial charge in [0.25, 0.3) is 5.91 Å². The predicted molar refractivity (Wildman–Crippen MR) is 70.3 cm³/mol. The molecule has 2 N–H and O–H groups in total. The number of hydrogen-bond acceptors (Lipinski definition) is 3. The van der Waals surface area contributed by atoms with E-state index in [1.54, 1.807) is 12.1 Å². The lowest BCUT2D eigenvalue weighted by atomic mass is 10.1. The maximum absolute atomic E-state index is 12.0. The zero-order valence-corrected chi connectivity index (χ0v) is 10.3. The van der Waals surface area contributed by atoms with Crippen molar-refractivity contribution in [2.24, 2.45) is 0 Å². The lowest BCUT2D eigenvalue weighted by molar-refractivity contribution is 0.0692. The van der Waals surface area contributed by atoms with E-state index in [0.717, 1.165) is 11.8 Å². The molecule has 0 bridgehead atoms. The van der Waals surface area contributed by atoms with Crippen molar-refractivity contribution in [3.8, 4) is 0 Å². The van der Waals surface area contributed by atoms with Gasteiger partial charge in [-0.1, -0.05) is 12.1 Å². The lowest BCUT2D eigenvalue weighted by Gasteiger charge is -2.07. The van der Waals surface area contributed by atoms with E-state index in [4.69, 9.17) is 5.11 Å². The zero-order valence-electron chi connectivity index (χ0n) is 10.3. The maximum atomic E-state index is 12.0. The van der Waals surface area contributed by atoms with Crippen LogP contribution in [0.25, 0.3) is 0 Å². The molecule has 19 heavy (non-hydrogen) atoms. The van der Waals surface area contributed by atoms with Crippen molar-refractivity contribution in [3.63, 3.8) is 0 Å². The highest BCUT2D eigenvalue weighted by Gasteiger charge is 2.16. The van der Waals surface area contributed by atoms with Crippen molar-refractivity contribution in [2.45, 2.75) is 6.92 Å². The third-order valence-corrected chi connectivity index (χ3v) is 2.57. The second kappa shape index (κ2) is 5.30. The minimum atomic E-state index is -1.18. The maximum Gasteiger partial charge on any atom is 0.338 e. The zero-order chi connectivity index (χ0) is 13.8. The van der Waals surface area contributed by atoms with Crippen LogP contribution in [0.4, 0.5) is 5.69 Å². The average molecular weight is 256 g/mol. The Bertz CT molecular complexity index is 638. The number of nitrogens with zero attached hydrogens (tertiary/aromatic N) is 1. The second-order valence-corrected chi connectivity index (χ2v) is 4.05. The fraction of sp³-hybridized carbons (Fsp3) is 0.0714. The molecule has 2 aromatic rings. The predicted octanol–water partition coefficient (Wildman–Crippen LogP) is 2.34. The van der Waals surface area contributed by atoms with Crippen LogP contribution in [0.2, 0.25) is 0 Å². The summed E-state index contributed by atoms with van der Waals surface area (Å²) in [5.41, 5.74) is 1.60. The molecule has 1 aromatic heterocycles. The monoisotopic (exact) mass is 256 g/mol. The Labute approximate surface area is 109 Å². The molecule has 1 amide bonds. The van der Waals surface area contributed by atoms with Gasteiger partial charge in [0.05, 0.1) is 11.1 Å². The molecule has 0 spiro atoms. The van der Waals surface area contributed by atoms with Crippen LogP contribution >= 0.6 is 0 Å². The van der Waals surface area contributed by atoms with E-state index in [-0.39, 0.29) is 11.1 Å². The Morgan fingerprint density at radius 1 is 1.21 bits per heavy atom. The third-order valence-electron chi connectivity index (χ3n) is 2.57. The molecular weight excluding hydrogens is 244 g/mol. The number of anilines is 1. The molecule has 2 rings (SSSR count). The number of amides is 1. The van der Waals surface area contributed by atoms with E-state index in [2.05, 4.69) is 10.3 Å². The van der Waals surface area contributed by atoms with E-state index < -0.39 is 11.9 Å². The quantitative estimate of drug-likeness (QED) is 0.883. The summed E-state index contributed by atoms with van der Waals surface area (Å²) in [5.74, 6) is -1.65. The minimum Gasteiger partial charge on any atom is -0.478 e. The number of aryl methyl sites for hydroxylation is 1. The second-order valence-electron chi connectivity index (χ2n) is 4.05. The van der Waals surface area contributed by atoms with Gasteiger partial charge in [-0.15, -0.1) is 0 Å². The van der Waals surface area contributed by atoms with Crippen molar-refractivity contribution in [1.29, 1.82) is 0 Å². The summed E-state index contributed by atoms with van der Waals surface area (Å²) in [6.45, 7) is 1.91. The molecule has 5 heteroatoms. The summed E-state index contributed by atoms with van der Waals surface area (Å²) in [4.78, 5) is 26.8. The van der Waals surface area contributed by atoms with Gasteiger partial charge in [0.2, 0.25) is 0 Å². The number of hydrogen-bond donors (Lipinski definition) is 2. The number of rotatable bonds is 3. The van der Waals surface area contributed by atoms with Crippen LogP contribution in [-0.2, 0) is 0 Å². The topological polar surface area (TPSA) is 79.3 Å². The number of carboxylic acid groups (broad SMARTS) is 1. The molecule has 5 nitrogen and oxygen atoms in total. The summed E-state index contributed by atoms with van der Waals surface area (Å²) in [6, 6.07) is 8.65. The SMILES string of the molecule is Cc1cccc(NC(=O)c2ccncc2C(=O)O)c1. The smallest absolute Gasteiger partial charge is 0.338 e. The fourth-order valence-corrected chi connectivity index (χ4v) is 1.68. The highest BCUT2D eigenvalue weighted by Crippen LogP contribution is 2.13. The first-order chi connectivity index (χ1) is 9.08. The van der Waals surface area contributed by atoms with Gasteiger partial charge in [0, 0.05) is 18.1 Å². The molecule has 0 radical (unpaired) electrons. The summed E-state index contributed by atoms with van der Waals surface area (Å²) in [5, 5.41) is 11.7. The number of pyridine rings is 1. The molecule has 1 heterocycles. The van der Waals surface area contributed by atoms with Gasteiger partial charge in [-0.05, 0) is 30.7 Å². The first-order valence-electron chi connectivity index (χ1n) is 5.63. The number of benzene rings is 1. The molecule has 0 aliphatic carbocycles. The third kappa shape index (κ3) is 2.95. The molecule has 0 saturated carbocycles. The van der Waals surface area contributed by atoms with E-state index >= 15 is 0 Å². The van der Waals surface area contributed by atoms with Crippen molar-refractivity contribution in [2.75, 3.05) is 5.32 Å². The van der Waals surface area contributed by atoms with Crippen molar-refractivity contribution >= 4 is 17.6 Å². The molecule has 0 aliphatic heterocycles. The van der Waals surface area contributed by atoms with Gasteiger partial charge in [-0.3, -0.25) is 9.78 Å². The van der Waals surface area contributed by atoms with Crippen LogP contribution in [-0.4, -0.2) is 22.0 Å². The average Bonchev–Trinajstić information content (AvgIpc) is 2.38. The Balaban J connectivity index is 2.28. The summed E-state index contributed by atoms with van der Waals surface area (Å²) >= 11 is 0. The fourth-order valence-electron chi connectivity index (χ4n) is 1.68. The first kappa shape index (κ1) is 12.8. The van der Waals surface area contributed by atoms with Gasteiger partial charge in [-0.2, -0.15) is 0 Å². The number of aromatic nitrogens is 1. The van der Waals surface area contributed by atoms with Crippen LogP contribution in [0.1, 0.15) is 26.3 Å². The number of carbonyl (C=O) groups is 2. The highest BCUT2D eigenvalue weighted by atomic mass is 16.4. The Kier molecular flexibility index (Phi) is 3.56. The molecule has 96 valence electrons. The van der Waals surface area contributed by atoms with Crippen molar-refractivity contribution in [3.05, 3.63) is 59.4 Å². The summed E-state index contributed by atoms with van der Waals surface area (Å²) in [6.07, 6.45) is 2.55. The molecule has 0 fully saturated rings. The molecular formula is C14H12N2O3. The molecule has 0 aliphatic rings. The normalized spacial score (nSPS) is 9.95. The van der Waals surface area contributed by atoms with E-state index in [9.17, 15) is 9.59 Å². The van der Waals surface area contributed by atoms with Gasteiger partial charge in [-0.25, -0.2) is 4.79 Å². The lowest BCUT2D eigenvalue weighted by Crippen LogP contribution is -2.16. The number of aromatic carboxylic acids is 1. The van der Waals surface area contributed by atoms with E-state index in [1.807, 2.05) is 19.1 Å². The summed E-state index contributed by atoms with van der Waals surface area (Å²) < 4.78 is 0. The molecule has 0 saturated heterocycles. The van der Waals surface area contributed by atoms with Gasteiger partial charge >= 0.3 is 5.97 Å². The van der Waals surface area contributed by atoms with Gasteiger partial charge in [0.15, 0.2) is 0 Å². The van der Waals surface area contributed by atoms with Crippen LogP contribution < -0.4 is 5.32 Å². The Morgan fingerprint density at radius 3 is 2.68 bits per heavy atom.